The normalized spacial score (nSPS) is 21.6. The summed E-state index contributed by atoms with van der Waals surface area (Å²) in [5, 5.41) is 1.13. The molecule has 1 aliphatic heterocycles. The Bertz CT molecular complexity index is 370. The molecule has 5 heteroatoms. The summed E-state index contributed by atoms with van der Waals surface area (Å²) in [7, 11) is 0. The average molecular weight is 260 g/mol. The minimum atomic E-state index is 0.440. The molecule has 88 valence electrons. The topological polar surface area (TPSA) is 42.1 Å². The monoisotopic (exact) mass is 259 g/mol. The van der Waals surface area contributed by atoms with Crippen LogP contribution in [0, 0.1) is 5.92 Å². The quantitative estimate of drug-likeness (QED) is 0.847. The van der Waals surface area contributed by atoms with Gasteiger partial charge in [-0.05, 0) is 31.5 Å². The Hall–Kier alpha value is -0.350. The zero-order valence-corrected chi connectivity index (χ0v) is 10.5. The minimum Gasteiger partial charge on any atom is -0.330 e. The summed E-state index contributed by atoms with van der Waals surface area (Å²) in [6, 6.07) is 1.69. The first kappa shape index (κ1) is 12.1. The zero-order valence-electron chi connectivity index (χ0n) is 9.00. The van der Waals surface area contributed by atoms with Gasteiger partial charge in [-0.3, -0.25) is 4.90 Å². The van der Waals surface area contributed by atoms with Gasteiger partial charge in [0.2, 0.25) is 0 Å². The van der Waals surface area contributed by atoms with E-state index in [0.29, 0.717) is 16.1 Å². The maximum Gasteiger partial charge on any atom is 0.130 e. The van der Waals surface area contributed by atoms with E-state index < -0.39 is 0 Å². The third-order valence-corrected chi connectivity index (χ3v) is 3.55. The standard InChI is InChI=1S/C11H15Cl2N3/c12-10-3-11(13)15-5-9(10)7-16-2-1-8(4-14)6-16/h3,5,8H,1-2,4,6-7,14H2. The van der Waals surface area contributed by atoms with Crippen molar-refractivity contribution in [3.8, 4) is 0 Å². The van der Waals surface area contributed by atoms with Crippen molar-refractivity contribution in [2.75, 3.05) is 19.6 Å². The molecule has 0 bridgehead atoms. The van der Waals surface area contributed by atoms with Crippen LogP contribution in [-0.4, -0.2) is 29.5 Å². The van der Waals surface area contributed by atoms with Crippen molar-refractivity contribution in [3.63, 3.8) is 0 Å². The molecule has 1 aliphatic rings. The van der Waals surface area contributed by atoms with Gasteiger partial charge in [-0.2, -0.15) is 0 Å². The number of hydrogen-bond donors (Lipinski definition) is 1. The molecule has 2 N–H and O–H groups in total. The van der Waals surface area contributed by atoms with Crippen LogP contribution in [0.5, 0.6) is 0 Å². The van der Waals surface area contributed by atoms with Crippen LogP contribution in [-0.2, 0) is 6.54 Å². The van der Waals surface area contributed by atoms with Crippen LogP contribution in [0.25, 0.3) is 0 Å². The maximum atomic E-state index is 6.10. The van der Waals surface area contributed by atoms with E-state index in [1.165, 1.54) is 6.42 Å². The van der Waals surface area contributed by atoms with Gasteiger partial charge in [0.1, 0.15) is 5.15 Å². The lowest BCUT2D eigenvalue weighted by Crippen LogP contribution is -2.23. The Balaban J connectivity index is 1.99. The number of nitrogens with two attached hydrogens (primary N) is 1. The third-order valence-electron chi connectivity index (χ3n) is 2.99. The molecule has 0 saturated carbocycles. The van der Waals surface area contributed by atoms with Gasteiger partial charge in [-0.15, -0.1) is 0 Å². The highest BCUT2D eigenvalue weighted by molar-refractivity contribution is 6.34. The van der Waals surface area contributed by atoms with Crippen molar-refractivity contribution in [3.05, 3.63) is 28.0 Å². The van der Waals surface area contributed by atoms with E-state index in [-0.39, 0.29) is 0 Å². The summed E-state index contributed by atoms with van der Waals surface area (Å²) in [6.45, 7) is 3.73. The van der Waals surface area contributed by atoms with Crippen LogP contribution in [0.2, 0.25) is 10.2 Å². The molecular weight excluding hydrogens is 245 g/mol. The number of pyridine rings is 1. The van der Waals surface area contributed by atoms with Gasteiger partial charge in [-0.1, -0.05) is 23.2 Å². The number of hydrogen-bond acceptors (Lipinski definition) is 3. The molecule has 2 rings (SSSR count). The van der Waals surface area contributed by atoms with Crippen molar-refractivity contribution in [1.82, 2.24) is 9.88 Å². The molecule has 2 heterocycles. The zero-order chi connectivity index (χ0) is 11.5. The van der Waals surface area contributed by atoms with E-state index >= 15 is 0 Å². The second-order valence-electron chi connectivity index (χ2n) is 4.22. The van der Waals surface area contributed by atoms with Gasteiger partial charge < -0.3 is 5.73 Å². The van der Waals surface area contributed by atoms with E-state index in [1.807, 2.05) is 0 Å². The van der Waals surface area contributed by atoms with Crippen LogP contribution in [0.3, 0.4) is 0 Å². The van der Waals surface area contributed by atoms with Gasteiger partial charge >= 0.3 is 0 Å². The number of rotatable bonds is 3. The lowest BCUT2D eigenvalue weighted by molar-refractivity contribution is 0.317. The number of likely N-dealkylation sites (tertiary alicyclic amines) is 1. The summed E-state index contributed by atoms with van der Waals surface area (Å²) >= 11 is 11.9. The lowest BCUT2D eigenvalue weighted by Gasteiger charge is -2.16. The second-order valence-corrected chi connectivity index (χ2v) is 5.02. The van der Waals surface area contributed by atoms with Gasteiger partial charge in [0.15, 0.2) is 0 Å². The fourth-order valence-corrected chi connectivity index (χ4v) is 2.47. The molecular formula is C11H15Cl2N3. The molecule has 1 atom stereocenters. The van der Waals surface area contributed by atoms with E-state index in [0.717, 1.165) is 31.7 Å². The Labute approximate surface area is 106 Å². The smallest absolute Gasteiger partial charge is 0.130 e. The maximum absolute atomic E-state index is 6.10. The molecule has 0 amide bonds. The molecule has 1 aromatic heterocycles. The van der Waals surface area contributed by atoms with Crippen molar-refractivity contribution in [2.24, 2.45) is 11.7 Å². The second kappa shape index (κ2) is 5.32. The number of nitrogens with zero attached hydrogens (tertiary/aromatic N) is 2. The Kier molecular flexibility index (Phi) is 4.03. The Morgan fingerprint density at radius 1 is 1.50 bits per heavy atom. The molecule has 1 fully saturated rings. The van der Waals surface area contributed by atoms with Crippen LogP contribution in [0.1, 0.15) is 12.0 Å². The van der Waals surface area contributed by atoms with Gasteiger partial charge in [0.25, 0.3) is 0 Å². The first-order chi connectivity index (χ1) is 7.69. The first-order valence-corrected chi connectivity index (χ1v) is 6.17. The summed E-state index contributed by atoms with van der Waals surface area (Å²) in [5.74, 6) is 0.624. The minimum absolute atomic E-state index is 0.440. The molecule has 16 heavy (non-hydrogen) atoms. The van der Waals surface area contributed by atoms with Gasteiger partial charge in [-0.25, -0.2) is 4.98 Å². The fraction of sp³-hybridized carbons (Fsp3) is 0.545. The fourth-order valence-electron chi connectivity index (χ4n) is 2.04. The van der Waals surface area contributed by atoms with Crippen molar-refractivity contribution < 1.29 is 0 Å². The van der Waals surface area contributed by atoms with Crippen molar-refractivity contribution >= 4 is 23.2 Å². The summed E-state index contributed by atoms with van der Waals surface area (Å²) in [4.78, 5) is 6.41. The average Bonchev–Trinajstić information content (AvgIpc) is 2.70. The Morgan fingerprint density at radius 3 is 2.94 bits per heavy atom. The molecule has 0 spiro atoms. The highest BCUT2D eigenvalue weighted by Crippen LogP contribution is 2.23. The van der Waals surface area contributed by atoms with E-state index in [1.54, 1.807) is 12.3 Å². The third kappa shape index (κ3) is 2.86. The number of halogens is 2. The number of aromatic nitrogens is 1. The van der Waals surface area contributed by atoms with Crippen molar-refractivity contribution in [1.29, 1.82) is 0 Å². The van der Waals surface area contributed by atoms with E-state index in [9.17, 15) is 0 Å². The predicted molar refractivity (Wildman–Crippen MR) is 66.7 cm³/mol. The highest BCUT2D eigenvalue weighted by Gasteiger charge is 2.21. The van der Waals surface area contributed by atoms with Crippen LogP contribution in [0.15, 0.2) is 12.3 Å². The van der Waals surface area contributed by atoms with E-state index in [4.69, 9.17) is 28.9 Å². The van der Waals surface area contributed by atoms with Gasteiger partial charge in [0.05, 0.1) is 0 Å². The Morgan fingerprint density at radius 2 is 2.31 bits per heavy atom. The molecule has 0 aromatic carbocycles. The summed E-state index contributed by atoms with van der Waals surface area (Å²) in [6.07, 6.45) is 2.93. The molecule has 1 aromatic rings. The highest BCUT2D eigenvalue weighted by atomic mass is 35.5. The van der Waals surface area contributed by atoms with Crippen LogP contribution in [0.4, 0.5) is 0 Å². The van der Waals surface area contributed by atoms with Crippen LogP contribution < -0.4 is 5.73 Å². The molecule has 3 nitrogen and oxygen atoms in total. The SMILES string of the molecule is NCC1CCN(Cc2cnc(Cl)cc2Cl)C1. The molecule has 0 aliphatic carbocycles. The molecule has 0 radical (unpaired) electrons. The summed E-state index contributed by atoms with van der Waals surface area (Å²) < 4.78 is 0. The van der Waals surface area contributed by atoms with E-state index in [2.05, 4.69) is 9.88 Å². The predicted octanol–water partition coefficient (Wildman–Crippen LogP) is 2.17. The van der Waals surface area contributed by atoms with Gasteiger partial charge in [0, 0.05) is 29.9 Å². The van der Waals surface area contributed by atoms with Crippen LogP contribution >= 0.6 is 23.2 Å². The summed E-state index contributed by atoms with van der Waals surface area (Å²) in [5.41, 5.74) is 6.69. The van der Waals surface area contributed by atoms with Crippen molar-refractivity contribution in [2.45, 2.75) is 13.0 Å². The largest absolute Gasteiger partial charge is 0.330 e. The lowest BCUT2D eigenvalue weighted by atomic mass is 10.1. The molecule has 1 saturated heterocycles. The molecule has 1 unspecified atom stereocenters. The first-order valence-electron chi connectivity index (χ1n) is 5.41.